The molecule has 1 amide bonds. The van der Waals surface area contributed by atoms with Gasteiger partial charge in [0.25, 0.3) is 0 Å². The molecule has 0 radical (unpaired) electrons. The van der Waals surface area contributed by atoms with Gasteiger partial charge in [-0.3, -0.25) is 4.79 Å². The molecule has 0 spiro atoms. The van der Waals surface area contributed by atoms with E-state index in [0.717, 1.165) is 25.7 Å². The summed E-state index contributed by atoms with van der Waals surface area (Å²) in [5.74, 6) is -0.146. The van der Waals surface area contributed by atoms with Gasteiger partial charge in [-0.2, -0.15) is 0 Å². The van der Waals surface area contributed by atoms with Gasteiger partial charge in [-0.25, -0.2) is 4.79 Å². The first-order valence-electron chi connectivity index (χ1n) is 6.28. The minimum atomic E-state index is -0.468. The summed E-state index contributed by atoms with van der Waals surface area (Å²) in [6, 6.07) is 0. The van der Waals surface area contributed by atoms with Gasteiger partial charge in [0.1, 0.15) is 6.61 Å². The second-order valence-corrected chi connectivity index (χ2v) is 4.44. The number of carbonyl (C=O) groups is 2. The van der Waals surface area contributed by atoms with Crippen LogP contribution in [0.5, 0.6) is 0 Å². The average molecular weight is 255 g/mol. The highest BCUT2D eigenvalue weighted by atomic mass is 16.5. The van der Waals surface area contributed by atoms with E-state index in [2.05, 4.69) is 11.9 Å². The van der Waals surface area contributed by atoms with Gasteiger partial charge in [0.05, 0.1) is 13.0 Å². The van der Waals surface area contributed by atoms with Crippen molar-refractivity contribution in [2.45, 2.75) is 25.7 Å². The molecule has 0 aromatic rings. The lowest BCUT2D eigenvalue weighted by Gasteiger charge is -2.29. The second-order valence-electron chi connectivity index (χ2n) is 4.44. The molecule has 2 unspecified atom stereocenters. The molecule has 0 aliphatic heterocycles. The molecule has 1 aliphatic carbocycles. The number of methoxy groups -OCH3 is 1. The molecule has 0 aromatic carbocycles. The van der Waals surface area contributed by atoms with Gasteiger partial charge in [0.2, 0.25) is 0 Å². The largest absolute Gasteiger partial charge is 0.469 e. The summed E-state index contributed by atoms with van der Waals surface area (Å²) in [6.45, 7) is 4.11. The van der Waals surface area contributed by atoms with Gasteiger partial charge in [-0.15, -0.1) is 0 Å². The number of ether oxygens (including phenoxy) is 2. The minimum absolute atomic E-state index is 0.108. The first-order valence-corrected chi connectivity index (χ1v) is 6.28. The molecule has 5 nitrogen and oxygen atoms in total. The van der Waals surface area contributed by atoms with Gasteiger partial charge in [-0.1, -0.05) is 25.5 Å². The van der Waals surface area contributed by atoms with Crippen LogP contribution in [0.25, 0.3) is 0 Å². The molecule has 1 N–H and O–H groups in total. The number of hydrogen-bond acceptors (Lipinski definition) is 4. The van der Waals surface area contributed by atoms with Gasteiger partial charge in [0, 0.05) is 6.54 Å². The van der Waals surface area contributed by atoms with E-state index in [9.17, 15) is 9.59 Å². The van der Waals surface area contributed by atoms with Crippen LogP contribution < -0.4 is 5.32 Å². The van der Waals surface area contributed by atoms with Crippen LogP contribution in [0.2, 0.25) is 0 Å². The predicted octanol–water partition coefficient (Wildman–Crippen LogP) is 1.88. The van der Waals surface area contributed by atoms with Crippen molar-refractivity contribution in [3.05, 3.63) is 12.7 Å². The molecule has 1 fully saturated rings. The Hall–Kier alpha value is -1.52. The van der Waals surface area contributed by atoms with E-state index in [1.165, 1.54) is 13.2 Å². The van der Waals surface area contributed by atoms with Gasteiger partial charge < -0.3 is 14.8 Å². The third-order valence-electron chi connectivity index (χ3n) is 3.25. The Morgan fingerprint density at radius 3 is 2.78 bits per heavy atom. The summed E-state index contributed by atoms with van der Waals surface area (Å²) in [6.07, 6.45) is 4.93. The molecular weight excluding hydrogens is 234 g/mol. The van der Waals surface area contributed by atoms with Crippen molar-refractivity contribution >= 4 is 12.1 Å². The Balaban J connectivity index is 2.39. The number of hydrogen-bond donors (Lipinski definition) is 1. The Morgan fingerprint density at radius 2 is 2.11 bits per heavy atom. The smallest absolute Gasteiger partial charge is 0.407 e. The van der Waals surface area contributed by atoms with E-state index in [0.29, 0.717) is 6.54 Å². The zero-order valence-corrected chi connectivity index (χ0v) is 10.8. The molecule has 2 atom stereocenters. The first kappa shape index (κ1) is 14.5. The maximum Gasteiger partial charge on any atom is 0.407 e. The lowest BCUT2D eigenvalue weighted by molar-refractivity contribution is -0.148. The zero-order valence-electron chi connectivity index (χ0n) is 10.8. The molecule has 102 valence electrons. The summed E-state index contributed by atoms with van der Waals surface area (Å²) in [5.41, 5.74) is 0. The molecular formula is C13H21NO4. The highest BCUT2D eigenvalue weighted by molar-refractivity contribution is 5.73. The fraction of sp³-hybridized carbons (Fsp3) is 0.692. The number of amides is 1. The third-order valence-corrected chi connectivity index (χ3v) is 3.25. The Morgan fingerprint density at radius 1 is 1.39 bits per heavy atom. The molecule has 0 bridgehead atoms. The summed E-state index contributed by atoms with van der Waals surface area (Å²) in [7, 11) is 1.40. The molecule has 5 heteroatoms. The quantitative estimate of drug-likeness (QED) is 0.601. The fourth-order valence-electron chi connectivity index (χ4n) is 2.31. The van der Waals surface area contributed by atoms with E-state index in [1.54, 1.807) is 0 Å². The van der Waals surface area contributed by atoms with Crippen LogP contribution in [-0.2, 0) is 14.3 Å². The van der Waals surface area contributed by atoms with Crippen LogP contribution in [0.3, 0.4) is 0 Å². The average Bonchev–Trinajstić information content (AvgIpc) is 2.42. The predicted molar refractivity (Wildman–Crippen MR) is 67.0 cm³/mol. The van der Waals surface area contributed by atoms with Crippen molar-refractivity contribution in [3.8, 4) is 0 Å². The molecule has 0 saturated heterocycles. The zero-order chi connectivity index (χ0) is 13.4. The van der Waals surface area contributed by atoms with E-state index < -0.39 is 6.09 Å². The monoisotopic (exact) mass is 255 g/mol. The molecule has 18 heavy (non-hydrogen) atoms. The number of rotatable bonds is 5. The minimum Gasteiger partial charge on any atom is -0.469 e. The number of carbonyl (C=O) groups excluding carboxylic acids is 2. The maximum absolute atomic E-state index is 11.6. The van der Waals surface area contributed by atoms with E-state index >= 15 is 0 Å². The fourth-order valence-corrected chi connectivity index (χ4v) is 2.31. The normalized spacial score (nSPS) is 22.9. The Bertz CT molecular complexity index is 303. The van der Waals surface area contributed by atoms with Crippen molar-refractivity contribution in [1.82, 2.24) is 5.32 Å². The molecule has 0 aromatic heterocycles. The van der Waals surface area contributed by atoms with Gasteiger partial charge in [-0.05, 0) is 18.8 Å². The van der Waals surface area contributed by atoms with E-state index in [1.807, 2.05) is 0 Å². The van der Waals surface area contributed by atoms with Crippen LogP contribution >= 0.6 is 0 Å². The number of alkyl carbamates (subject to hydrolysis) is 1. The summed E-state index contributed by atoms with van der Waals surface area (Å²) >= 11 is 0. The molecule has 1 aliphatic rings. The van der Waals surface area contributed by atoms with Crippen LogP contribution in [0, 0.1) is 11.8 Å². The standard InChI is InChI=1S/C13H21NO4/c1-3-8-18-13(16)14-9-10-6-4-5-7-11(10)12(15)17-2/h3,10-11H,1,4-9H2,2H3,(H,14,16). The van der Waals surface area contributed by atoms with Gasteiger partial charge >= 0.3 is 12.1 Å². The molecule has 0 heterocycles. The number of esters is 1. The highest BCUT2D eigenvalue weighted by Gasteiger charge is 2.31. The van der Waals surface area contributed by atoms with Crippen molar-refractivity contribution in [2.75, 3.05) is 20.3 Å². The van der Waals surface area contributed by atoms with E-state index in [-0.39, 0.29) is 24.4 Å². The van der Waals surface area contributed by atoms with Crippen molar-refractivity contribution < 1.29 is 19.1 Å². The maximum atomic E-state index is 11.6. The number of nitrogens with one attached hydrogen (secondary N) is 1. The SMILES string of the molecule is C=CCOC(=O)NCC1CCCCC1C(=O)OC. The van der Waals surface area contributed by atoms with Crippen molar-refractivity contribution in [2.24, 2.45) is 11.8 Å². The Kier molecular flexibility index (Phi) is 6.25. The lowest BCUT2D eigenvalue weighted by Crippen LogP contribution is -2.37. The topological polar surface area (TPSA) is 64.6 Å². The van der Waals surface area contributed by atoms with Crippen molar-refractivity contribution in [3.63, 3.8) is 0 Å². The van der Waals surface area contributed by atoms with Crippen LogP contribution in [0.4, 0.5) is 4.79 Å². The van der Waals surface area contributed by atoms with Gasteiger partial charge in [0.15, 0.2) is 0 Å². The summed E-state index contributed by atoms with van der Waals surface area (Å²) in [5, 5.41) is 2.68. The molecule has 1 rings (SSSR count). The summed E-state index contributed by atoms with van der Waals surface area (Å²) < 4.78 is 9.62. The van der Waals surface area contributed by atoms with Crippen LogP contribution in [0.1, 0.15) is 25.7 Å². The lowest BCUT2D eigenvalue weighted by atomic mass is 9.79. The third kappa shape index (κ3) is 4.39. The van der Waals surface area contributed by atoms with Crippen LogP contribution in [0.15, 0.2) is 12.7 Å². The summed E-state index contributed by atoms with van der Waals surface area (Å²) in [4.78, 5) is 22.9. The van der Waals surface area contributed by atoms with E-state index in [4.69, 9.17) is 9.47 Å². The Labute approximate surface area is 108 Å². The molecule has 1 saturated carbocycles. The van der Waals surface area contributed by atoms with Crippen molar-refractivity contribution in [1.29, 1.82) is 0 Å². The second kappa shape index (κ2) is 7.74. The first-order chi connectivity index (χ1) is 8.69. The highest BCUT2D eigenvalue weighted by Crippen LogP contribution is 2.30. The van der Waals surface area contributed by atoms with Crippen LogP contribution in [-0.4, -0.2) is 32.3 Å².